The lowest BCUT2D eigenvalue weighted by Gasteiger charge is -2.23. The zero-order chi connectivity index (χ0) is 11.0. The molecule has 1 fully saturated rings. The SMILES string of the molecule is O=C1CCCN1c1cccc2c1NCC=C2. The standard InChI is InChI=1S/C13H14N2O/c16-12-7-3-9-15(12)11-6-1-4-10-5-2-8-14-13(10)11/h1-2,4-6,14H,3,7-9H2. The van der Waals surface area contributed by atoms with Crippen LogP contribution in [0.15, 0.2) is 24.3 Å². The second-order valence-corrected chi connectivity index (χ2v) is 4.17. The third kappa shape index (κ3) is 1.40. The summed E-state index contributed by atoms with van der Waals surface area (Å²) in [5.74, 6) is 0.241. The minimum absolute atomic E-state index is 0.241. The summed E-state index contributed by atoms with van der Waals surface area (Å²) in [6.07, 6.45) is 5.85. The Morgan fingerprint density at radius 2 is 2.25 bits per heavy atom. The molecular weight excluding hydrogens is 200 g/mol. The highest BCUT2D eigenvalue weighted by molar-refractivity contribution is 6.00. The van der Waals surface area contributed by atoms with Gasteiger partial charge in [-0.1, -0.05) is 24.3 Å². The zero-order valence-corrected chi connectivity index (χ0v) is 9.07. The van der Waals surface area contributed by atoms with Crippen LogP contribution in [0.3, 0.4) is 0 Å². The lowest BCUT2D eigenvalue weighted by molar-refractivity contribution is -0.117. The number of nitrogens with zero attached hydrogens (tertiary/aromatic N) is 1. The summed E-state index contributed by atoms with van der Waals surface area (Å²) in [5, 5.41) is 3.35. The van der Waals surface area contributed by atoms with Gasteiger partial charge in [0, 0.05) is 19.5 Å². The minimum atomic E-state index is 0.241. The first-order chi connectivity index (χ1) is 7.86. The third-order valence-corrected chi connectivity index (χ3v) is 3.13. The number of amides is 1. The van der Waals surface area contributed by atoms with Crippen LogP contribution in [-0.4, -0.2) is 19.0 Å². The molecule has 2 heterocycles. The van der Waals surface area contributed by atoms with Crippen molar-refractivity contribution >= 4 is 23.4 Å². The Morgan fingerprint density at radius 3 is 3.06 bits per heavy atom. The van der Waals surface area contributed by atoms with E-state index in [1.807, 2.05) is 17.0 Å². The third-order valence-electron chi connectivity index (χ3n) is 3.13. The second-order valence-electron chi connectivity index (χ2n) is 4.17. The van der Waals surface area contributed by atoms with E-state index in [1.165, 1.54) is 5.56 Å². The molecule has 0 aliphatic carbocycles. The molecule has 1 N–H and O–H groups in total. The molecule has 2 aliphatic heterocycles. The van der Waals surface area contributed by atoms with E-state index >= 15 is 0 Å². The van der Waals surface area contributed by atoms with E-state index in [0.29, 0.717) is 6.42 Å². The highest BCUT2D eigenvalue weighted by atomic mass is 16.2. The van der Waals surface area contributed by atoms with Crippen molar-refractivity contribution in [3.8, 4) is 0 Å². The summed E-state index contributed by atoms with van der Waals surface area (Å²) >= 11 is 0. The van der Waals surface area contributed by atoms with Gasteiger partial charge in [-0.25, -0.2) is 0 Å². The Labute approximate surface area is 94.8 Å². The van der Waals surface area contributed by atoms with E-state index < -0.39 is 0 Å². The predicted octanol–water partition coefficient (Wildman–Crippen LogP) is 2.25. The van der Waals surface area contributed by atoms with Crippen molar-refractivity contribution in [2.45, 2.75) is 12.8 Å². The number of fused-ring (bicyclic) bond motifs is 1. The molecule has 0 bridgehead atoms. The maximum atomic E-state index is 11.7. The summed E-state index contributed by atoms with van der Waals surface area (Å²) in [7, 11) is 0. The first-order valence-electron chi connectivity index (χ1n) is 5.70. The van der Waals surface area contributed by atoms with Gasteiger partial charge in [0.2, 0.25) is 5.91 Å². The molecule has 0 spiro atoms. The number of hydrogen-bond acceptors (Lipinski definition) is 2. The smallest absolute Gasteiger partial charge is 0.227 e. The van der Waals surface area contributed by atoms with Crippen LogP contribution < -0.4 is 10.2 Å². The summed E-state index contributed by atoms with van der Waals surface area (Å²) in [5.41, 5.74) is 3.30. The predicted molar refractivity (Wildman–Crippen MR) is 65.6 cm³/mol. The maximum absolute atomic E-state index is 11.7. The lowest BCUT2D eigenvalue weighted by Crippen LogP contribution is -2.25. The maximum Gasteiger partial charge on any atom is 0.227 e. The van der Waals surface area contributed by atoms with E-state index in [2.05, 4.69) is 23.5 Å². The van der Waals surface area contributed by atoms with Crippen LogP contribution in [0, 0.1) is 0 Å². The quantitative estimate of drug-likeness (QED) is 0.777. The van der Waals surface area contributed by atoms with Crippen LogP contribution in [0.2, 0.25) is 0 Å². The van der Waals surface area contributed by atoms with Gasteiger partial charge >= 0.3 is 0 Å². The van der Waals surface area contributed by atoms with Crippen molar-refractivity contribution in [1.29, 1.82) is 0 Å². The highest BCUT2D eigenvalue weighted by Crippen LogP contribution is 2.34. The average Bonchev–Trinajstić information content (AvgIpc) is 2.75. The van der Waals surface area contributed by atoms with E-state index in [-0.39, 0.29) is 5.91 Å². The zero-order valence-electron chi connectivity index (χ0n) is 9.07. The number of benzene rings is 1. The van der Waals surface area contributed by atoms with Crippen LogP contribution in [0.1, 0.15) is 18.4 Å². The fourth-order valence-electron chi connectivity index (χ4n) is 2.36. The molecule has 1 amide bonds. The van der Waals surface area contributed by atoms with Crippen LogP contribution in [0.4, 0.5) is 11.4 Å². The van der Waals surface area contributed by atoms with Gasteiger partial charge in [-0.3, -0.25) is 4.79 Å². The monoisotopic (exact) mass is 214 g/mol. The molecule has 82 valence electrons. The molecule has 0 radical (unpaired) electrons. The van der Waals surface area contributed by atoms with E-state index in [1.54, 1.807) is 0 Å². The molecule has 3 heteroatoms. The summed E-state index contributed by atoms with van der Waals surface area (Å²) in [6.45, 7) is 1.69. The average molecular weight is 214 g/mol. The summed E-state index contributed by atoms with van der Waals surface area (Å²) in [6, 6.07) is 6.10. The highest BCUT2D eigenvalue weighted by Gasteiger charge is 2.24. The largest absolute Gasteiger partial charge is 0.379 e. The topological polar surface area (TPSA) is 32.3 Å². The number of carbonyl (C=O) groups excluding carboxylic acids is 1. The van der Waals surface area contributed by atoms with E-state index in [9.17, 15) is 4.79 Å². The molecule has 2 aliphatic rings. The van der Waals surface area contributed by atoms with Crippen molar-refractivity contribution in [1.82, 2.24) is 0 Å². The Kier molecular flexibility index (Phi) is 2.17. The normalized spacial score (nSPS) is 18.5. The Hall–Kier alpha value is -1.77. The lowest BCUT2D eigenvalue weighted by atomic mass is 10.1. The molecule has 3 nitrogen and oxygen atoms in total. The van der Waals surface area contributed by atoms with Gasteiger partial charge in [0.15, 0.2) is 0 Å². The van der Waals surface area contributed by atoms with Crippen LogP contribution in [-0.2, 0) is 4.79 Å². The van der Waals surface area contributed by atoms with Gasteiger partial charge in [-0.2, -0.15) is 0 Å². The summed E-state index contributed by atoms with van der Waals surface area (Å²) in [4.78, 5) is 13.6. The van der Waals surface area contributed by atoms with Crippen molar-refractivity contribution in [2.75, 3.05) is 23.3 Å². The Bertz CT molecular complexity index is 465. The van der Waals surface area contributed by atoms with Crippen molar-refractivity contribution in [3.63, 3.8) is 0 Å². The van der Waals surface area contributed by atoms with Gasteiger partial charge in [-0.05, 0) is 18.1 Å². The fraction of sp³-hybridized carbons (Fsp3) is 0.308. The molecule has 16 heavy (non-hydrogen) atoms. The summed E-state index contributed by atoms with van der Waals surface area (Å²) < 4.78 is 0. The first kappa shape index (κ1) is 9.46. The number of rotatable bonds is 1. The van der Waals surface area contributed by atoms with E-state index in [0.717, 1.165) is 30.9 Å². The van der Waals surface area contributed by atoms with Crippen LogP contribution in [0.25, 0.3) is 6.08 Å². The van der Waals surface area contributed by atoms with Gasteiger partial charge in [0.05, 0.1) is 11.4 Å². The number of anilines is 2. The van der Waals surface area contributed by atoms with Crippen molar-refractivity contribution in [2.24, 2.45) is 0 Å². The van der Waals surface area contributed by atoms with Crippen LogP contribution in [0.5, 0.6) is 0 Å². The second kappa shape index (κ2) is 3.67. The molecule has 0 atom stereocenters. The molecule has 0 saturated carbocycles. The Morgan fingerprint density at radius 1 is 1.31 bits per heavy atom. The Balaban J connectivity index is 2.07. The number of para-hydroxylation sites is 1. The first-order valence-corrected chi connectivity index (χ1v) is 5.70. The van der Waals surface area contributed by atoms with Gasteiger partial charge in [0.25, 0.3) is 0 Å². The molecule has 1 saturated heterocycles. The number of nitrogens with one attached hydrogen (secondary N) is 1. The molecule has 0 unspecified atom stereocenters. The number of carbonyl (C=O) groups is 1. The van der Waals surface area contributed by atoms with Crippen LogP contribution >= 0.6 is 0 Å². The number of hydrogen-bond donors (Lipinski definition) is 1. The minimum Gasteiger partial charge on any atom is -0.379 e. The molecule has 1 aromatic rings. The van der Waals surface area contributed by atoms with E-state index in [4.69, 9.17) is 0 Å². The molecule has 3 rings (SSSR count). The molecule has 0 aromatic heterocycles. The molecular formula is C13H14N2O. The van der Waals surface area contributed by atoms with Gasteiger partial charge < -0.3 is 10.2 Å². The van der Waals surface area contributed by atoms with Gasteiger partial charge in [-0.15, -0.1) is 0 Å². The molecule has 1 aromatic carbocycles. The van der Waals surface area contributed by atoms with Gasteiger partial charge in [0.1, 0.15) is 0 Å². The van der Waals surface area contributed by atoms with Crippen molar-refractivity contribution in [3.05, 3.63) is 29.8 Å². The van der Waals surface area contributed by atoms with Crippen molar-refractivity contribution < 1.29 is 4.79 Å². The fourth-order valence-corrected chi connectivity index (χ4v) is 2.36.